The summed E-state index contributed by atoms with van der Waals surface area (Å²) in [4.78, 5) is 9.96. The van der Waals surface area contributed by atoms with Crippen LogP contribution in [-0.2, 0) is 17.6 Å². The second kappa shape index (κ2) is 7.14. The third-order valence-electron chi connectivity index (χ3n) is 5.50. The van der Waals surface area contributed by atoms with E-state index in [-0.39, 0.29) is 0 Å². The van der Waals surface area contributed by atoms with Gasteiger partial charge in [0.2, 0.25) is 0 Å². The molecule has 1 aromatic rings. The Morgan fingerprint density at radius 3 is 2.78 bits per heavy atom. The van der Waals surface area contributed by atoms with Crippen LogP contribution >= 0.6 is 0 Å². The van der Waals surface area contributed by atoms with E-state index < -0.39 is 0 Å². The van der Waals surface area contributed by atoms with Crippen molar-refractivity contribution in [2.24, 2.45) is 5.92 Å². The fourth-order valence-electron chi connectivity index (χ4n) is 4.06. The highest BCUT2D eigenvalue weighted by Crippen LogP contribution is 2.34. The van der Waals surface area contributed by atoms with Gasteiger partial charge in [-0.2, -0.15) is 0 Å². The van der Waals surface area contributed by atoms with Gasteiger partial charge in [-0.15, -0.1) is 0 Å². The van der Waals surface area contributed by atoms with Gasteiger partial charge in [-0.3, -0.25) is 0 Å². The number of anilines is 1. The Balaban J connectivity index is 1.59. The quantitative estimate of drug-likeness (QED) is 0.892. The second-order valence-corrected chi connectivity index (χ2v) is 7.20. The third-order valence-corrected chi connectivity index (χ3v) is 5.50. The minimum Gasteiger partial charge on any atom is -0.381 e. The molecule has 0 radical (unpaired) electrons. The summed E-state index contributed by atoms with van der Waals surface area (Å²) < 4.78 is 5.50. The largest absolute Gasteiger partial charge is 0.381 e. The van der Waals surface area contributed by atoms with Crippen LogP contribution in [0.2, 0.25) is 0 Å². The van der Waals surface area contributed by atoms with Crippen molar-refractivity contribution >= 4 is 5.82 Å². The zero-order valence-electron chi connectivity index (χ0n) is 13.9. The number of rotatable bonds is 4. The summed E-state index contributed by atoms with van der Waals surface area (Å²) in [6.45, 7) is 4.83. The Labute approximate surface area is 138 Å². The average molecular weight is 316 g/mol. The number of fused-ring (bicyclic) bond motifs is 1. The van der Waals surface area contributed by atoms with Gasteiger partial charge in [0.05, 0.1) is 12.3 Å². The van der Waals surface area contributed by atoms with E-state index in [1.807, 2.05) is 0 Å². The molecule has 5 heteroatoms. The van der Waals surface area contributed by atoms with Gasteiger partial charge in [0.1, 0.15) is 11.6 Å². The van der Waals surface area contributed by atoms with Crippen molar-refractivity contribution < 1.29 is 4.74 Å². The molecule has 2 fully saturated rings. The number of aromatic nitrogens is 2. The van der Waals surface area contributed by atoms with Crippen LogP contribution in [0.5, 0.6) is 0 Å². The number of nitrogens with zero attached hydrogens (tertiary/aromatic N) is 2. The molecule has 2 aliphatic heterocycles. The Morgan fingerprint density at radius 2 is 1.96 bits per heavy atom. The normalized spacial score (nSPS) is 25.3. The molecular weight excluding hydrogens is 288 g/mol. The first-order valence-corrected chi connectivity index (χ1v) is 9.32. The van der Waals surface area contributed by atoms with Crippen LogP contribution in [-0.4, -0.2) is 42.8 Å². The summed E-state index contributed by atoms with van der Waals surface area (Å²) in [6.07, 6.45) is 8.39. The molecule has 126 valence electrons. The Morgan fingerprint density at radius 1 is 1.09 bits per heavy atom. The number of hydrogen-bond acceptors (Lipinski definition) is 5. The Kier molecular flexibility index (Phi) is 4.76. The summed E-state index contributed by atoms with van der Waals surface area (Å²) in [5.74, 6) is 3.40. The van der Waals surface area contributed by atoms with Crippen LogP contribution < -0.4 is 10.6 Å². The predicted molar refractivity (Wildman–Crippen MR) is 90.9 cm³/mol. The molecule has 0 spiro atoms. The van der Waals surface area contributed by atoms with E-state index in [0.29, 0.717) is 11.8 Å². The van der Waals surface area contributed by atoms with E-state index >= 15 is 0 Å². The maximum Gasteiger partial charge on any atom is 0.134 e. The highest BCUT2D eigenvalue weighted by molar-refractivity contribution is 5.48. The second-order valence-electron chi connectivity index (χ2n) is 7.20. The molecule has 1 aromatic heterocycles. The van der Waals surface area contributed by atoms with Crippen molar-refractivity contribution in [1.29, 1.82) is 0 Å². The molecule has 1 saturated heterocycles. The number of nitrogens with one attached hydrogen (secondary N) is 2. The fourth-order valence-corrected chi connectivity index (χ4v) is 4.06. The van der Waals surface area contributed by atoms with Crippen LogP contribution in [0.1, 0.15) is 55.1 Å². The number of ether oxygens (including phenoxy) is 1. The molecule has 1 saturated carbocycles. The van der Waals surface area contributed by atoms with Crippen LogP contribution in [0.3, 0.4) is 0 Å². The molecule has 3 heterocycles. The maximum absolute atomic E-state index is 5.50. The van der Waals surface area contributed by atoms with Crippen LogP contribution in [0.4, 0.5) is 5.82 Å². The Hall–Kier alpha value is -1.20. The molecule has 2 N–H and O–H groups in total. The first-order valence-electron chi connectivity index (χ1n) is 9.32. The van der Waals surface area contributed by atoms with E-state index in [9.17, 15) is 0 Å². The van der Waals surface area contributed by atoms with E-state index in [1.165, 1.54) is 36.9 Å². The molecule has 1 aliphatic carbocycles. The van der Waals surface area contributed by atoms with Crippen molar-refractivity contribution in [2.75, 3.05) is 38.2 Å². The smallest absolute Gasteiger partial charge is 0.134 e. The van der Waals surface area contributed by atoms with Gasteiger partial charge in [0.15, 0.2) is 0 Å². The van der Waals surface area contributed by atoms with Crippen LogP contribution in [0.25, 0.3) is 0 Å². The monoisotopic (exact) mass is 316 g/mol. The molecule has 3 aliphatic rings. The molecule has 4 rings (SSSR count). The van der Waals surface area contributed by atoms with Crippen LogP contribution in [0, 0.1) is 5.92 Å². The molecule has 0 bridgehead atoms. The van der Waals surface area contributed by atoms with E-state index in [2.05, 4.69) is 10.6 Å². The lowest BCUT2D eigenvalue weighted by atomic mass is 10.0. The fraction of sp³-hybridized carbons (Fsp3) is 0.778. The summed E-state index contributed by atoms with van der Waals surface area (Å²) in [7, 11) is 0. The van der Waals surface area contributed by atoms with Gasteiger partial charge in [0, 0.05) is 43.5 Å². The average Bonchev–Trinajstić information content (AvgIpc) is 3.23. The molecule has 23 heavy (non-hydrogen) atoms. The first-order chi connectivity index (χ1) is 11.4. The highest BCUT2D eigenvalue weighted by atomic mass is 16.5. The zero-order chi connectivity index (χ0) is 15.5. The van der Waals surface area contributed by atoms with Crippen molar-refractivity contribution in [3.63, 3.8) is 0 Å². The van der Waals surface area contributed by atoms with E-state index in [0.717, 1.165) is 63.8 Å². The van der Waals surface area contributed by atoms with Crippen molar-refractivity contribution in [1.82, 2.24) is 15.3 Å². The van der Waals surface area contributed by atoms with Crippen molar-refractivity contribution in [3.8, 4) is 0 Å². The van der Waals surface area contributed by atoms with Gasteiger partial charge in [0.25, 0.3) is 0 Å². The minimum absolute atomic E-state index is 0.576. The van der Waals surface area contributed by atoms with Gasteiger partial charge >= 0.3 is 0 Å². The summed E-state index contributed by atoms with van der Waals surface area (Å²) >= 11 is 0. The van der Waals surface area contributed by atoms with Crippen LogP contribution in [0.15, 0.2) is 0 Å². The Bertz CT molecular complexity index is 536. The molecule has 0 unspecified atom stereocenters. The molecular formula is C18H28N4O. The zero-order valence-corrected chi connectivity index (χ0v) is 13.9. The molecule has 0 aromatic carbocycles. The van der Waals surface area contributed by atoms with Gasteiger partial charge < -0.3 is 15.4 Å². The molecule has 5 nitrogen and oxygen atoms in total. The highest BCUT2D eigenvalue weighted by Gasteiger charge is 2.24. The maximum atomic E-state index is 5.50. The minimum atomic E-state index is 0.576. The predicted octanol–water partition coefficient (Wildman–Crippen LogP) is 2.27. The standard InChI is InChI=1S/C18H28N4O/c1-2-4-14(3-1)17-21-16-6-9-19-8-5-15(16)18(22-17)20-11-13-7-10-23-12-13/h13-14,19H,1-12H2,(H,20,21,22)/t13-/m0/s1. The summed E-state index contributed by atoms with van der Waals surface area (Å²) in [5, 5.41) is 7.14. The first kappa shape index (κ1) is 15.3. The van der Waals surface area contributed by atoms with Gasteiger partial charge in [-0.1, -0.05) is 12.8 Å². The summed E-state index contributed by atoms with van der Waals surface area (Å²) in [5.41, 5.74) is 2.62. The molecule has 0 amide bonds. The van der Waals surface area contributed by atoms with Crippen molar-refractivity contribution in [3.05, 3.63) is 17.1 Å². The van der Waals surface area contributed by atoms with E-state index in [4.69, 9.17) is 14.7 Å². The lowest BCUT2D eigenvalue weighted by Gasteiger charge is -2.18. The summed E-state index contributed by atoms with van der Waals surface area (Å²) in [6, 6.07) is 0. The lowest BCUT2D eigenvalue weighted by molar-refractivity contribution is 0.187. The van der Waals surface area contributed by atoms with E-state index in [1.54, 1.807) is 0 Å². The number of hydrogen-bond donors (Lipinski definition) is 2. The van der Waals surface area contributed by atoms with Gasteiger partial charge in [-0.05, 0) is 32.2 Å². The topological polar surface area (TPSA) is 59.1 Å². The lowest BCUT2D eigenvalue weighted by Crippen LogP contribution is -2.19. The molecule has 1 atom stereocenters. The van der Waals surface area contributed by atoms with Crippen molar-refractivity contribution in [2.45, 2.75) is 50.9 Å². The third kappa shape index (κ3) is 3.50. The van der Waals surface area contributed by atoms with Gasteiger partial charge in [-0.25, -0.2) is 9.97 Å². The SMILES string of the molecule is C1CCC(c2nc3c(c(NC[C@@H]4CCOC4)n2)CCNCC3)C1.